The first-order valence-electron chi connectivity index (χ1n) is 6.66. The van der Waals surface area contributed by atoms with Gasteiger partial charge in [0.25, 0.3) is 0 Å². The Hall–Kier alpha value is -1.77. The minimum atomic E-state index is 0.610. The SMILES string of the molecule is Cc1ccc(-n2nc(C3CCCC3)cc2N)cc1. The van der Waals surface area contributed by atoms with Gasteiger partial charge in [0.2, 0.25) is 0 Å². The van der Waals surface area contributed by atoms with E-state index in [0.717, 1.165) is 17.2 Å². The Morgan fingerprint density at radius 3 is 2.50 bits per heavy atom. The highest BCUT2D eigenvalue weighted by Crippen LogP contribution is 2.34. The molecule has 0 atom stereocenters. The number of benzene rings is 1. The lowest BCUT2D eigenvalue weighted by atomic mass is 10.1. The second kappa shape index (κ2) is 4.48. The van der Waals surface area contributed by atoms with E-state index in [2.05, 4.69) is 36.3 Å². The van der Waals surface area contributed by atoms with Gasteiger partial charge in [-0.05, 0) is 31.9 Å². The van der Waals surface area contributed by atoms with Crippen LogP contribution >= 0.6 is 0 Å². The largest absolute Gasteiger partial charge is 0.384 e. The van der Waals surface area contributed by atoms with Gasteiger partial charge in [-0.1, -0.05) is 30.5 Å². The second-order valence-electron chi connectivity index (χ2n) is 5.22. The maximum Gasteiger partial charge on any atom is 0.127 e. The summed E-state index contributed by atoms with van der Waals surface area (Å²) in [4.78, 5) is 0. The van der Waals surface area contributed by atoms with Gasteiger partial charge in [0.15, 0.2) is 0 Å². The van der Waals surface area contributed by atoms with Crippen molar-refractivity contribution < 1.29 is 0 Å². The lowest BCUT2D eigenvalue weighted by Crippen LogP contribution is -2.02. The standard InChI is InChI=1S/C15H19N3/c1-11-6-8-13(9-7-11)18-15(16)10-14(17-18)12-4-2-3-5-12/h6-10,12H,2-5,16H2,1H3. The van der Waals surface area contributed by atoms with Crippen LogP contribution in [0.15, 0.2) is 30.3 Å². The Labute approximate surface area is 108 Å². The molecule has 3 rings (SSSR count). The van der Waals surface area contributed by atoms with Crippen molar-refractivity contribution in [2.75, 3.05) is 5.73 Å². The number of nitrogens with zero attached hydrogens (tertiary/aromatic N) is 2. The maximum absolute atomic E-state index is 6.08. The van der Waals surface area contributed by atoms with Crippen LogP contribution in [0.4, 0.5) is 5.82 Å². The molecule has 2 N–H and O–H groups in total. The number of aryl methyl sites for hydroxylation is 1. The van der Waals surface area contributed by atoms with Crippen LogP contribution in [0.3, 0.4) is 0 Å². The van der Waals surface area contributed by atoms with Crippen molar-refractivity contribution in [3.8, 4) is 5.69 Å². The number of aromatic nitrogens is 2. The molecule has 2 aromatic rings. The molecule has 18 heavy (non-hydrogen) atoms. The molecule has 0 aliphatic heterocycles. The molecule has 0 bridgehead atoms. The van der Waals surface area contributed by atoms with Crippen LogP contribution in [0.25, 0.3) is 5.69 Å². The molecule has 0 saturated heterocycles. The number of nitrogens with two attached hydrogens (primary N) is 1. The molecule has 0 unspecified atom stereocenters. The minimum absolute atomic E-state index is 0.610. The number of rotatable bonds is 2. The summed E-state index contributed by atoms with van der Waals surface area (Å²) in [6.07, 6.45) is 5.15. The van der Waals surface area contributed by atoms with Crippen LogP contribution < -0.4 is 5.73 Å². The van der Waals surface area contributed by atoms with Crippen molar-refractivity contribution in [1.29, 1.82) is 0 Å². The third-order valence-corrected chi connectivity index (χ3v) is 3.81. The summed E-state index contributed by atoms with van der Waals surface area (Å²) >= 11 is 0. The first kappa shape index (κ1) is 11.3. The Morgan fingerprint density at radius 1 is 1.17 bits per heavy atom. The van der Waals surface area contributed by atoms with Crippen LogP contribution in [0.2, 0.25) is 0 Å². The van der Waals surface area contributed by atoms with Crippen molar-refractivity contribution in [2.45, 2.75) is 38.5 Å². The molecule has 0 amide bonds. The smallest absolute Gasteiger partial charge is 0.127 e. The van der Waals surface area contributed by atoms with Gasteiger partial charge in [0, 0.05) is 12.0 Å². The Morgan fingerprint density at radius 2 is 1.83 bits per heavy atom. The Kier molecular flexibility index (Phi) is 2.82. The molecule has 1 fully saturated rings. The number of hydrogen-bond acceptors (Lipinski definition) is 2. The van der Waals surface area contributed by atoms with Gasteiger partial charge in [-0.25, -0.2) is 4.68 Å². The van der Waals surface area contributed by atoms with E-state index < -0.39 is 0 Å². The van der Waals surface area contributed by atoms with Gasteiger partial charge in [0.05, 0.1) is 11.4 Å². The molecule has 94 valence electrons. The van der Waals surface area contributed by atoms with Crippen LogP contribution in [0, 0.1) is 6.92 Å². The lowest BCUT2D eigenvalue weighted by molar-refractivity contribution is 0.679. The third-order valence-electron chi connectivity index (χ3n) is 3.81. The summed E-state index contributed by atoms with van der Waals surface area (Å²) in [5, 5.41) is 4.68. The number of nitrogen functional groups attached to an aromatic ring is 1. The van der Waals surface area contributed by atoms with E-state index in [-0.39, 0.29) is 0 Å². The molecule has 3 heteroatoms. The highest BCUT2D eigenvalue weighted by Gasteiger charge is 2.20. The molecule has 1 aromatic heterocycles. The molecule has 0 spiro atoms. The molecule has 1 aliphatic carbocycles. The predicted octanol–water partition coefficient (Wildman–Crippen LogP) is 3.42. The first-order chi connectivity index (χ1) is 8.74. The minimum Gasteiger partial charge on any atom is -0.384 e. The summed E-state index contributed by atoms with van der Waals surface area (Å²) in [6, 6.07) is 10.3. The van der Waals surface area contributed by atoms with E-state index in [4.69, 9.17) is 5.73 Å². The summed E-state index contributed by atoms with van der Waals surface area (Å²) < 4.78 is 1.85. The zero-order valence-electron chi connectivity index (χ0n) is 10.8. The Bertz CT molecular complexity index is 533. The van der Waals surface area contributed by atoms with E-state index in [1.54, 1.807) is 0 Å². The van der Waals surface area contributed by atoms with Crippen LogP contribution in [-0.2, 0) is 0 Å². The van der Waals surface area contributed by atoms with Gasteiger partial charge in [-0.15, -0.1) is 0 Å². The third kappa shape index (κ3) is 2.01. The van der Waals surface area contributed by atoms with Crippen molar-refractivity contribution in [1.82, 2.24) is 9.78 Å². The van der Waals surface area contributed by atoms with E-state index in [1.807, 2.05) is 10.7 Å². The highest BCUT2D eigenvalue weighted by molar-refractivity contribution is 5.44. The highest BCUT2D eigenvalue weighted by atomic mass is 15.3. The summed E-state index contributed by atoms with van der Waals surface area (Å²) in [6.45, 7) is 2.08. The molecule has 1 heterocycles. The van der Waals surface area contributed by atoms with E-state index >= 15 is 0 Å². The number of anilines is 1. The molecule has 1 aliphatic rings. The molecule has 3 nitrogen and oxygen atoms in total. The Balaban J connectivity index is 1.94. The predicted molar refractivity (Wildman–Crippen MR) is 73.9 cm³/mol. The fourth-order valence-electron chi connectivity index (χ4n) is 2.73. The topological polar surface area (TPSA) is 43.8 Å². The molecule has 0 radical (unpaired) electrons. The van der Waals surface area contributed by atoms with Crippen molar-refractivity contribution in [3.05, 3.63) is 41.6 Å². The zero-order valence-corrected chi connectivity index (χ0v) is 10.8. The fourth-order valence-corrected chi connectivity index (χ4v) is 2.73. The van der Waals surface area contributed by atoms with Gasteiger partial charge in [-0.3, -0.25) is 0 Å². The van der Waals surface area contributed by atoms with Crippen LogP contribution in [-0.4, -0.2) is 9.78 Å². The average molecular weight is 241 g/mol. The average Bonchev–Trinajstić information content (AvgIpc) is 2.99. The molecule has 1 aromatic carbocycles. The van der Waals surface area contributed by atoms with Gasteiger partial charge in [0.1, 0.15) is 5.82 Å². The molecule has 1 saturated carbocycles. The number of hydrogen-bond donors (Lipinski definition) is 1. The molecular formula is C15H19N3. The van der Waals surface area contributed by atoms with Crippen molar-refractivity contribution in [2.24, 2.45) is 0 Å². The van der Waals surface area contributed by atoms with Crippen molar-refractivity contribution in [3.63, 3.8) is 0 Å². The van der Waals surface area contributed by atoms with Crippen molar-refractivity contribution >= 4 is 5.82 Å². The monoisotopic (exact) mass is 241 g/mol. The maximum atomic E-state index is 6.08. The first-order valence-corrected chi connectivity index (χ1v) is 6.66. The summed E-state index contributed by atoms with van der Waals surface area (Å²) in [7, 11) is 0. The van der Waals surface area contributed by atoms with Gasteiger partial charge in [-0.2, -0.15) is 5.10 Å². The second-order valence-corrected chi connectivity index (χ2v) is 5.22. The van der Waals surface area contributed by atoms with Gasteiger partial charge >= 0.3 is 0 Å². The summed E-state index contributed by atoms with van der Waals surface area (Å²) in [5.41, 5.74) is 9.53. The van der Waals surface area contributed by atoms with Crippen LogP contribution in [0.1, 0.15) is 42.9 Å². The van der Waals surface area contributed by atoms with Crippen LogP contribution in [0.5, 0.6) is 0 Å². The molecular weight excluding hydrogens is 222 g/mol. The zero-order chi connectivity index (χ0) is 12.5. The van der Waals surface area contributed by atoms with E-state index in [0.29, 0.717) is 5.92 Å². The fraction of sp³-hybridized carbons (Fsp3) is 0.400. The van der Waals surface area contributed by atoms with Gasteiger partial charge < -0.3 is 5.73 Å². The lowest BCUT2D eigenvalue weighted by Gasteiger charge is -2.05. The normalized spacial score (nSPS) is 16.3. The van der Waals surface area contributed by atoms with E-state index in [9.17, 15) is 0 Å². The van der Waals surface area contributed by atoms with E-state index in [1.165, 1.54) is 31.2 Å². The summed E-state index contributed by atoms with van der Waals surface area (Å²) in [5.74, 6) is 1.35. The quantitative estimate of drug-likeness (QED) is 0.875.